The standard InChI is InChI=1S/C37H36F2N6O4/c1-2-24-26(38)5-3-19-9-23(46)10-25(29(19)24)32-31(39)33-30-34(45-13-22-4-6-27(40-22)28(45)16-48-35(30)41-32)43-36(42-33)49-18-37(7-8-37)17-44-11-20-14-47-15-21(20)12-44/h1,3,5,9-10,20-22,27-28,40,46H,4,6-8,11-18H2/t20?,21?,22-,27+,28-/m1/s1. The highest BCUT2D eigenvalue weighted by Crippen LogP contribution is 2.49. The Kier molecular flexibility index (Phi) is 6.55. The van der Waals surface area contributed by atoms with Gasteiger partial charge in [0.05, 0.1) is 31.4 Å². The van der Waals surface area contributed by atoms with Gasteiger partial charge in [0.25, 0.3) is 0 Å². The number of piperazine rings is 1. The summed E-state index contributed by atoms with van der Waals surface area (Å²) in [6.45, 7) is 6.16. The highest BCUT2D eigenvalue weighted by atomic mass is 19.1. The molecule has 2 N–H and O–H groups in total. The smallest absolute Gasteiger partial charge is 0.319 e. The lowest BCUT2D eigenvalue weighted by Crippen LogP contribution is -2.60. The number of nitrogens with zero attached hydrogens (tertiary/aromatic N) is 5. The Morgan fingerprint density at radius 3 is 2.67 bits per heavy atom. The maximum Gasteiger partial charge on any atom is 0.319 e. The number of likely N-dealkylation sites (tertiary alicyclic amines) is 1. The summed E-state index contributed by atoms with van der Waals surface area (Å²) in [6.07, 6.45) is 9.90. The lowest BCUT2D eigenvalue weighted by Gasteiger charge is -2.40. The normalized spacial score (nSPS) is 27.9. The summed E-state index contributed by atoms with van der Waals surface area (Å²) in [6, 6.07) is 6.07. The molecule has 7 heterocycles. The molecule has 2 bridgehead atoms. The molecule has 2 aromatic carbocycles. The predicted molar refractivity (Wildman–Crippen MR) is 178 cm³/mol. The monoisotopic (exact) mass is 666 g/mol. The van der Waals surface area contributed by atoms with Gasteiger partial charge in [0, 0.05) is 66.5 Å². The zero-order valence-corrected chi connectivity index (χ0v) is 26.9. The number of halogens is 2. The number of benzene rings is 2. The number of phenolic OH excluding ortho intramolecular Hbond substituents is 1. The predicted octanol–water partition coefficient (Wildman–Crippen LogP) is 4.25. The molecule has 5 atom stereocenters. The molecule has 0 radical (unpaired) electrons. The van der Waals surface area contributed by atoms with Crippen LogP contribution in [-0.4, -0.2) is 95.7 Å². The van der Waals surface area contributed by atoms with Crippen molar-refractivity contribution in [1.82, 2.24) is 25.2 Å². The van der Waals surface area contributed by atoms with E-state index < -0.39 is 11.6 Å². The number of phenols is 1. The minimum atomic E-state index is -0.751. The number of aromatic hydroxyl groups is 1. The van der Waals surface area contributed by atoms with Crippen LogP contribution in [0.2, 0.25) is 0 Å². The zero-order valence-electron chi connectivity index (χ0n) is 26.9. The van der Waals surface area contributed by atoms with Gasteiger partial charge in [-0.05, 0) is 49.3 Å². The van der Waals surface area contributed by atoms with E-state index in [0.29, 0.717) is 48.2 Å². The number of hydrogen-bond acceptors (Lipinski definition) is 10. The number of ether oxygens (including phenoxy) is 3. The van der Waals surface area contributed by atoms with Crippen LogP contribution in [0.5, 0.6) is 17.6 Å². The molecule has 0 amide bonds. The second kappa shape index (κ2) is 10.8. The third kappa shape index (κ3) is 4.73. The van der Waals surface area contributed by atoms with E-state index in [4.69, 9.17) is 35.6 Å². The summed E-state index contributed by atoms with van der Waals surface area (Å²) in [5.41, 5.74) is -0.0442. The average Bonchev–Trinajstić information content (AvgIpc) is 3.35. The lowest BCUT2D eigenvalue weighted by atomic mass is 9.95. The van der Waals surface area contributed by atoms with Crippen molar-refractivity contribution < 1.29 is 28.1 Å². The number of anilines is 1. The van der Waals surface area contributed by atoms with E-state index >= 15 is 8.78 Å². The minimum Gasteiger partial charge on any atom is -0.508 e. The second-order valence-electron chi connectivity index (χ2n) is 14.9. The van der Waals surface area contributed by atoms with Crippen molar-refractivity contribution >= 4 is 27.5 Å². The van der Waals surface area contributed by atoms with Crippen LogP contribution in [0.15, 0.2) is 24.3 Å². The highest BCUT2D eigenvalue weighted by molar-refractivity contribution is 6.04. The van der Waals surface area contributed by atoms with E-state index in [2.05, 4.69) is 21.0 Å². The van der Waals surface area contributed by atoms with Crippen LogP contribution in [0.3, 0.4) is 0 Å². The maximum absolute atomic E-state index is 17.1. The first-order valence-corrected chi connectivity index (χ1v) is 17.3. The van der Waals surface area contributed by atoms with Crippen LogP contribution in [0.25, 0.3) is 32.9 Å². The van der Waals surface area contributed by atoms with Gasteiger partial charge in [-0.25, -0.2) is 13.8 Å². The van der Waals surface area contributed by atoms with E-state index in [9.17, 15) is 5.11 Å². The first kappa shape index (κ1) is 29.6. The molecule has 252 valence electrons. The SMILES string of the molecule is C#Cc1c(F)ccc2cc(O)cc(-c3nc4c5c(nc(OCC6(CN7CC8COCC8C7)CC6)nc5c3F)N3C[C@H]5CC[C@H](N5)[C@H]3CO4)c12. The molecule has 1 saturated carbocycles. The number of terminal acetylenes is 1. The van der Waals surface area contributed by atoms with Crippen LogP contribution < -0.4 is 19.7 Å². The molecule has 49 heavy (non-hydrogen) atoms. The van der Waals surface area contributed by atoms with Crippen molar-refractivity contribution in [2.75, 3.05) is 57.5 Å². The Labute approximate surface area is 281 Å². The Morgan fingerprint density at radius 2 is 1.88 bits per heavy atom. The Morgan fingerprint density at radius 1 is 1.04 bits per heavy atom. The van der Waals surface area contributed by atoms with Gasteiger partial charge < -0.3 is 34.4 Å². The fourth-order valence-corrected chi connectivity index (χ4v) is 9.04. The zero-order chi connectivity index (χ0) is 33.0. The molecule has 5 aliphatic heterocycles. The summed E-state index contributed by atoms with van der Waals surface area (Å²) >= 11 is 0. The third-order valence-electron chi connectivity index (χ3n) is 11.7. The highest BCUT2D eigenvalue weighted by Gasteiger charge is 2.48. The third-order valence-corrected chi connectivity index (χ3v) is 11.7. The van der Waals surface area contributed by atoms with Crippen molar-refractivity contribution in [2.45, 2.75) is 43.8 Å². The van der Waals surface area contributed by atoms with E-state index in [1.54, 1.807) is 0 Å². The quantitative estimate of drug-likeness (QED) is 0.291. The first-order valence-electron chi connectivity index (χ1n) is 17.3. The van der Waals surface area contributed by atoms with E-state index in [1.165, 1.54) is 24.3 Å². The summed E-state index contributed by atoms with van der Waals surface area (Å²) in [7, 11) is 0. The maximum atomic E-state index is 17.1. The van der Waals surface area contributed by atoms with Crippen molar-refractivity contribution in [1.29, 1.82) is 0 Å². The topological polar surface area (TPSA) is 105 Å². The van der Waals surface area contributed by atoms with E-state index in [-0.39, 0.29) is 68.9 Å². The summed E-state index contributed by atoms with van der Waals surface area (Å²) in [4.78, 5) is 19.1. The molecule has 1 aliphatic carbocycles. The molecular formula is C37H36F2N6O4. The largest absolute Gasteiger partial charge is 0.508 e. The van der Waals surface area contributed by atoms with Crippen LogP contribution in [-0.2, 0) is 4.74 Å². The van der Waals surface area contributed by atoms with Gasteiger partial charge in [-0.15, -0.1) is 6.42 Å². The molecule has 6 aliphatic rings. The van der Waals surface area contributed by atoms with Crippen LogP contribution in [0, 0.1) is 41.2 Å². The molecule has 12 heteroatoms. The summed E-state index contributed by atoms with van der Waals surface area (Å²) < 4.78 is 50.6. The molecule has 0 spiro atoms. The van der Waals surface area contributed by atoms with Gasteiger partial charge in [-0.1, -0.05) is 12.0 Å². The molecule has 4 saturated heterocycles. The number of pyridine rings is 1. The fourth-order valence-electron chi connectivity index (χ4n) is 9.04. The number of hydrogen-bond donors (Lipinski definition) is 2. The van der Waals surface area contributed by atoms with Crippen LogP contribution in [0.1, 0.15) is 31.2 Å². The Balaban J connectivity index is 1.09. The molecule has 5 fully saturated rings. The van der Waals surface area contributed by atoms with Crippen LogP contribution >= 0.6 is 0 Å². The number of rotatable bonds is 6. The van der Waals surface area contributed by atoms with Gasteiger partial charge >= 0.3 is 6.01 Å². The second-order valence-corrected chi connectivity index (χ2v) is 14.9. The van der Waals surface area contributed by atoms with Gasteiger partial charge in [-0.3, -0.25) is 0 Å². The number of nitrogens with one attached hydrogen (secondary N) is 1. The van der Waals surface area contributed by atoms with E-state index in [1.807, 2.05) is 0 Å². The lowest BCUT2D eigenvalue weighted by molar-refractivity contribution is 0.131. The van der Waals surface area contributed by atoms with Gasteiger partial charge in [-0.2, -0.15) is 9.97 Å². The molecular weight excluding hydrogens is 630 g/mol. The van der Waals surface area contributed by atoms with Gasteiger partial charge in [0.1, 0.15) is 40.6 Å². The van der Waals surface area contributed by atoms with Crippen molar-refractivity contribution in [3.8, 4) is 41.2 Å². The molecule has 4 aromatic rings. The molecule has 10 rings (SSSR count). The van der Waals surface area contributed by atoms with Crippen LogP contribution in [0.4, 0.5) is 14.6 Å². The summed E-state index contributed by atoms with van der Waals surface area (Å²) in [5.74, 6) is 2.83. The molecule has 2 unspecified atom stereocenters. The fraction of sp³-hybridized carbons (Fsp3) is 0.486. The average molecular weight is 667 g/mol. The van der Waals surface area contributed by atoms with Crippen molar-refractivity contribution in [3.05, 3.63) is 41.5 Å². The first-order chi connectivity index (χ1) is 23.9. The summed E-state index contributed by atoms with van der Waals surface area (Å²) in [5, 5.41) is 15.5. The Bertz CT molecular complexity index is 2070. The number of fused-ring (bicyclic) bond motifs is 7. The molecule has 2 aromatic heterocycles. The molecule has 10 nitrogen and oxygen atoms in total. The number of aromatic nitrogens is 3. The van der Waals surface area contributed by atoms with E-state index in [0.717, 1.165) is 58.5 Å². The van der Waals surface area contributed by atoms with Gasteiger partial charge in [0.2, 0.25) is 5.88 Å². The van der Waals surface area contributed by atoms with Crippen molar-refractivity contribution in [2.24, 2.45) is 17.3 Å². The van der Waals surface area contributed by atoms with Gasteiger partial charge in [0.15, 0.2) is 5.82 Å². The minimum absolute atomic E-state index is 0.00102. The Hall–Kier alpha value is -4.31. The van der Waals surface area contributed by atoms with Crippen molar-refractivity contribution in [3.63, 3.8) is 0 Å².